The Bertz CT molecular complexity index is 331. The molecular weight excluding hydrogens is 146 g/mol. The maximum Gasteiger partial charge on any atom is 0.0258 e. The highest BCUT2D eigenvalue weighted by molar-refractivity contribution is 5.45. The van der Waals surface area contributed by atoms with Crippen LogP contribution in [0.2, 0.25) is 0 Å². The van der Waals surface area contributed by atoms with Crippen molar-refractivity contribution in [3.8, 4) is 24.7 Å². The summed E-state index contributed by atoms with van der Waals surface area (Å²) in [5.41, 5.74) is 8.00. The van der Waals surface area contributed by atoms with Gasteiger partial charge in [-0.2, -0.15) is 0 Å². The van der Waals surface area contributed by atoms with E-state index in [1.807, 2.05) is 12.1 Å². The first-order chi connectivity index (χ1) is 5.80. The van der Waals surface area contributed by atoms with Crippen LogP contribution in [-0.4, -0.2) is 0 Å². The zero-order valence-electron chi connectivity index (χ0n) is 6.67. The first kappa shape index (κ1) is 8.40. The summed E-state index contributed by atoms with van der Waals surface area (Å²) in [5, 5.41) is 0. The fourth-order valence-corrected chi connectivity index (χ4v) is 0.977. The Morgan fingerprint density at radius 2 is 1.58 bits per heavy atom. The van der Waals surface area contributed by atoms with Crippen LogP contribution in [0.15, 0.2) is 18.2 Å². The summed E-state index contributed by atoms with van der Waals surface area (Å²) in [4.78, 5) is 0. The molecule has 1 aromatic rings. The number of hydrogen-bond donors (Lipinski definition) is 1. The maximum atomic E-state index is 5.46. The van der Waals surface area contributed by atoms with Gasteiger partial charge in [-0.15, -0.1) is 12.8 Å². The highest BCUT2D eigenvalue weighted by Gasteiger charge is 1.95. The monoisotopic (exact) mass is 155 g/mol. The minimum atomic E-state index is 0.462. The maximum absolute atomic E-state index is 5.46. The predicted octanol–water partition coefficient (Wildman–Crippen LogP) is 1.11. The van der Waals surface area contributed by atoms with Crippen LogP contribution in [0.4, 0.5) is 0 Å². The lowest BCUT2D eigenvalue weighted by Gasteiger charge is -1.99. The largest absolute Gasteiger partial charge is 0.326 e. The van der Waals surface area contributed by atoms with Gasteiger partial charge in [-0.3, -0.25) is 0 Å². The Kier molecular flexibility index (Phi) is 2.53. The van der Waals surface area contributed by atoms with E-state index >= 15 is 0 Å². The number of nitrogens with two attached hydrogens (primary N) is 1. The third-order valence-corrected chi connectivity index (χ3v) is 1.56. The average molecular weight is 155 g/mol. The number of hydrogen-bond acceptors (Lipinski definition) is 1. The normalized spacial score (nSPS) is 8.58. The Morgan fingerprint density at radius 1 is 1.08 bits per heavy atom. The van der Waals surface area contributed by atoms with Gasteiger partial charge in [0.2, 0.25) is 0 Å². The van der Waals surface area contributed by atoms with Crippen LogP contribution in [0.1, 0.15) is 16.7 Å². The van der Waals surface area contributed by atoms with E-state index in [2.05, 4.69) is 11.8 Å². The molecule has 0 spiro atoms. The van der Waals surface area contributed by atoms with Gasteiger partial charge in [0.1, 0.15) is 0 Å². The van der Waals surface area contributed by atoms with Crippen molar-refractivity contribution in [1.82, 2.24) is 0 Å². The van der Waals surface area contributed by atoms with Gasteiger partial charge in [-0.1, -0.05) is 11.8 Å². The lowest BCUT2D eigenvalue weighted by atomic mass is 10.1. The molecule has 0 fully saturated rings. The molecule has 0 aliphatic carbocycles. The van der Waals surface area contributed by atoms with Crippen molar-refractivity contribution in [1.29, 1.82) is 0 Å². The Labute approximate surface area is 72.6 Å². The summed E-state index contributed by atoms with van der Waals surface area (Å²) in [5.74, 6) is 5.05. The molecule has 1 aromatic carbocycles. The van der Waals surface area contributed by atoms with Crippen LogP contribution in [0.3, 0.4) is 0 Å². The highest BCUT2D eigenvalue weighted by atomic mass is 14.5. The molecule has 58 valence electrons. The molecular formula is C11H9N. The fraction of sp³-hybridized carbons (Fsp3) is 0.0909. The molecule has 0 radical (unpaired) electrons. The van der Waals surface area contributed by atoms with Crippen LogP contribution in [0.25, 0.3) is 0 Å². The minimum absolute atomic E-state index is 0.462. The SMILES string of the molecule is C#Cc1cc(C#C)cc(CN)c1. The molecule has 12 heavy (non-hydrogen) atoms. The molecule has 1 heteroatoms. The lowest BCUT2D eigenvalue weighted by Crippen LogP contribution is -1.97. The third-order valence-electron chi connectivity index (χ3n) is 1.56. The third kappa shape index (κ3) is 1.66. The van der Waals surface area contributed by atoms with Gasteiger partial charge in [0.15, 0.2) is 0 Å². The minimum Gasteiger partial charge on any atom is -0.326 e. The fourth-order valence-electron chi connectivity index (χ4n) is 0.977. The summed E-state index contributed by atoms with van der Waals surface area (Å²) in [6.45, 7) is 0.462. The highest BCUT2D eigenvalue weighted by Crippen LogP contribution is 2.07. The molecule has 1 nitrogen and oxygen atoms in total. The van der Waals surface area contributed by atoms with Crippen LogP contribution >= 0.6 is 0 Å². The van der Waals surface area contributed by atoms with Gasteiger partial charge < -0.3 is 5.73 Å². The summed E-state index contributed by atoms with van der Waals surface area (Å²) in [6.07, 6.45) is 10.5. The zero-order valence-corrected chi connectivity index (χ0v) is 6.67. The van der Waals surface area contributed by atoms with Crippen molar-refractivity contribution >= 4 is 0 Å². The van der Waals surface area contributed by atoms with Gasteiger partial charge in [0, 0.05) is 17.7 Å². The smallest absolute Gasteiger partial charge is 0.0258 e. The Balaban J connectivity index is 3.24. The molecule has 0 aliphatic heterocycles. The lowest BCUT2D eigenvalue weighted by molar-refractivity contribution is 1.07. The van der Waals surface area contributed by atoms with Crippen LogP contribution in [-0.2, 0) is 6.54 Å². The van der Waals surface area contributed by atoms with E-state index in [-0.39, 0.29) is 0 Å². The van der Waals surface area contributed by atoms with Crippen molar-refractivity contribution in [3.63, 3.8) is 0 Å². The molecule has 0 unspecified atom stereocenters. The summed E-state index contributed by atoms with van der Waals surface area (Å²) in [7, 11) is 0. The number of rotatable bonds is 1. The van der Waals surface area contributed by atoms with E-state index in [0.29, 0.717) is 6.54 Å². The van der Waals surface area contributed by atoms with Crippen LogP contribution < -0.4 is 5.73 Å². The summed E-state index contributed by atoms with van der Waals surface area (Å²) >= 11 is 0. The molecule has 0 bridgehead atoms. The zero-order chi connectivity index (χ0) is 8.97. The van der Waals surface area contributed by atoms with Crippen molar-refractivity contribution in [2.45, 2.75) is 6.54 Å². The van der Waals surface area contributed by atoms with E-state index in [0.717, 1.165) is 16.7 Å². The van der Waals surface area contributed by atoms with Crippen LogP contribution in [0, 0.1) is 24.7 Å². The second-order valence-corrected chi connectivity index (χ2v) is 2.41. The van der Waals surface area contributed by atoms with Crippen molar-refractivity contribution in [2.24, 2.45) is 5.73 Å². The van der Waals surface area contributed by atoms with E-state index in [9.17, 15) is 0 Å². The van der Waals surface area contributed by atoms with E-state index < -0.39 is 0 Å². The number of benzene rings is 1. The van der Waals surface area contributed by atoms with E-state index in [1.54, 1.807) is 6.07 Å². The van der Waals surface area contributed by atoms with E-state index in [1.165, 1.54) is 0 Å². The average Bonchev–Trinajstić information content (AvgIpc) is 2.16. The van der Waals surface area contributed by atoms with E-state index in [4.69, 9.17) is 18.6 Å². The van der Waals surface area contributed by atoms with Crippen molar-refractivity contribution in [2.75, 3.05) is 0 Å². The van der Waals surface area contributed by atoms with Gasteiger partial charge in [0.05, 0.1) is 0 Å². The molecule has 0 heterocycles. The molecule has 0 saturated carbocycles. The van der Waals surface area contributed by atoms with Crippen molar-refractivity contribution in [3.05, 3.63) is 34.9 Å². The topological polar surface area (TPSA) is 26.0 Å². The van der Waals surface area contributed by atoms with Gasteiger partial charge in [0.25, 0.3) is 0 Å². The summed E-state index contributed by atoms with van der Waals surface area (Å²) in [6, 6.07) is 5.51. The Morgan fingerprint density at radius 3 is 1.92 bits per heavy atom. The van der Waals surface area contributed by atoms with Gasteiger partial charge in [-0.25, -0.2) is 0 Å². The summed E-state index contributed by atoms with van der Waals surface area (Å²) < 4.78 is 0. The molecule has 0 aliphatic rings. The molecule has 0 aromatic heterocycles. The molecule has 0 saturated heterocycles. The quantitative estimate of drug-likeness (QED) is 0.604. The standard InChI is InChI=1S/C11H9N/c1-3-9-5-10(4-2)7-11(6-9)8-12/h1-2,5-7H,8,12H2. The van der Waals surface area contributed by atoms with Crippen LogP contribution in [0.5, 0.6) is 0 Å². The van der Waals surface area contributed by atoms with Gasteiger partial charge >= 0.3 is 0 Å². The first-order valence-electron chi connectivity index (χ1n) is 3.57. The van der Waals surface area contributed by atoms with Crippen molar-refractivity contribution < 1.29 is 0 Å². The Hall–Kier alpha value is -1.70. The number of terminal acetylenes is 2. The second kappa shape index (κ2) is 3.62. The molecule has 0 amide bonds. The first-order valence-corrected chi connectivity index (χ1v) is 3.57. The molecule has 0 atom stereocenters. The molecule has 1 rings (SSSR count). The predicted molar refractivity (Wildman–Crippen MR) is 50.2 cm³/mol. The van der Waals surface area contributed by atoms with Gasteiger partial charge in [-0.05, 0) is 23.8 Å². The molecule has 2 N–H and O–H groups in total. The second-order valence-electron chi connectivity index (χ2n) is 2.41.